The van der Waals surface area contributed by atoms with E-state index in [1.54, 1.807) is 10.9 Å². The van der Waals surface area contributed by atoms with E-state index in [0.717, 1.165) is 23.5 Å². The molecule has 0 saturated carbocycles. The molecule has 0 amide bonds. The molecule has 0 fully saturated rings. The molecule has 20 heavy (non-hydrogen) atoms. The van der Waals surface area contributed by atoms with Crippen LogP contribution in [-0.4, -0.2) is 14.8 Å². The molecule has 0 radical (unpaired) electrons. The summed E-state index contributed by atoms with van der Waals surface area (Å²) in [5, 5.41) is 4.85. The van der Waals surface area contributed by atoms with E-state index in [-0.39, 0.29) is 5.92 Å². The number of alkyl halides is 4. The first kappa shape index (κ1) is 15.0. The van der Waals surface area contributed by atoms with E-state index in [9.17, 15) is 13.2 Å². The summed E-state index contributed by atoms with van der Waals surface area (Å²) >= 11 is 3.38. The molecule has 0 atom stereocenters. The molecule has 0 spiro atoms. The Balaban J connectivity index is 2.45. The van der Waals surface area contributed by atoms with Crippen LogP contribution < -0.4 is 0 Å². The van der Waals surface area contributed by atoms with Crippen molar-refractivity contribution in [3.8, 4) is 5.82 Å². The second-order valence-electron chi connectivity index (χ2n) is 4.66. The maximum atomic E-state index is 12.5. The molecule has 0 unspecified atom stereocenters. The Labute approximate surface area is 123 Å². The van der Waals surface area contributed by atoms with Crippen LogP contribution in [0.25, 0.3) is 5.82 Å². The van der Waals surface area contributed by atoms with E-state index in [0.29, 0.717) is 11.1 Å². The summed E-state index contributed by atoms with van der Waals surface area (Å²) in [7, 11) is 0. The molecular formula is C13H13BrF3N3. The normalized spacial score (nSPS) is 12.2. The predicted molar refractivity (Wildman–Crippen MR) is 73.1 cm³/mol. The van der Waals surface area contributed by atoms with Crippen molar-refractivity contribution in [1.29, 1.82) is 0 Å². The fourth-order valence-electron chi connectivity index (χ4n) is 1.97. The van der Waals surface area contributed by atoms with Crippen LogP contribution in [0.3, 0.4) is 0 Å². The Morgan fingerprint density at radius 3 is 2.40 bits per heavy atom. The lowest BCUT2D eigenvalue weighted by molar-refractivity contribution is -0.137. The number of hydrogen-bond acceptors (Lipinski definition) is 2. The molecular weight excluding hydrogens is 335 g/mol. The molecule has 108 valence electrons. The number of aromatic nitrogens is 3. The molecule has 2 aromatic heterocycles. The third kappa shape index (κ3) is 2.87. The number of halogens is 4. The van der Waals surface area contributed by atoms with E-state index in [1.807, 2.05) is 13.8 Å². The Bertz CT molecular complexity index is 588. The Morgan fingerprint density at radius 2 is 1.95 bits per heavy atom. The zero-order valence-corrected chi connectivity index (χ0v) is 12.5. The molecule has 3 nitrogen and oxygen atoms in total. The predicted octanol–water partition coefficient (Wildman–Crippen LogP) is 4.30. The smallest absolute Gasteiger partial charge is 0.236 e. The van der Waals surface area contributed by atoms with Gasteiger partial charge in [0.05, 0.1) is 17.5 Å². The van der Waals surface area contributed by atoms with Gasteiger partial charge in [-0.2, -0.15) is 18.3 Å². The van der Waals surface area contributed by atoms with Crippen LogP contribution in [0.15, 0.2) is 24.5 Å². The van der Waals surface area contributed by atoms with Crippen LogP contribution in [0, 0.1) is 0 Å². The quantitative estimate of drug-likeness (QED) is 0.774. The molecule has 0 N–H and O–H groups in total. The second-order valence-corrected chi connectivity index (χ2v) is 5.22. The minimum atomic E-state index is -4.38. The summed E-state index contributed by atoms with van der Waals surface area (Å²) in [6.07, 6.45) is -1.85. The van der Waals surface area contributed by atoms with Crippen molar-refractivity contribution in [3.05, 3.63) is 41.3 Å². The highest BCUT2D eigenvalue weighted by molar-refractivity contribution is 9.08. The first-order valence-corrected chi connectivity index (χ1v) is 7.13. The molecule has 0 aromatic carbocycles. The zero-order chi connectivity index (χ0) is 14.9. The fourth-order valence-corrected chi connectivity index (χ4v) is 2.40. The van der Waals surface area contributed by atoms with Gasteiger partial charge < -0.3 is 0 Å². The van der Waals surface area contributed by atoms with Gasteiger partial charge in [-0.3, -0.25) is 0 Å². The Hall–Kier alpha value is -1.37. The van der Waals surface area contributed by atoms with Crippen molar-refractivity contribution in [3.63, 3.8) is 0 Å². The van der Waals surface area contributed by atoms with Gasteiger partial charge >= 0.3 is 6.18 Å². The number of rotatable bonds is 3. The number of nitrogens with zero attached hydrogens (tertiary/aromatic N) is 3. The minimum absolute atomic E-state index is 0.189. The number of pyridine rings is 1. The maximum Gasteiger partial charge on any atom is 0.417 e. The second kappa shape index (κ2) is 5.55. The Kier molecular flexibility index (Phi) is 4.17. The molecule has 0 aliphatic rings. The van der Waals surface area contributed by atoms with E-state index in [2.05, 4.69) is 26.0 Å². The van der Waals surface area contributed by atoms with E-state index < -0.39 is 11.7 Å². The highest BCUT2D eigenvalue weighted by Gasteiger charge is 2.30. The van der Waals surface area contributed by atoms with Crippen molar-refractivity contribution < 1.29 is 13.2 Å². The molecule has 0 aliphatic carbocycles. The van der Waals surface area contributed by atoms with Crippen LogP contribution >= 0.6 is 15.9 Å². The van der Waals surface area contributed by atoms with Gasteiger partial charge in [-0.15, -0.1) is 0 Å². The molecule has 2 rings (SSSR count). The molecule has 0 aliphatic heterocycles. The third-order valence-electron chi connectivity index (χ3n) is 2.87. The molecule has 2 aromatic rings. The summed E-state index contributed by atoms with van der Waals surface area (Å²) in [5.74, 6) is 0.572. The Morgan fingerprint density at radius 1 is 1.25 bits per heavy atom. The highest BCUT2D eigenvalue weighted by atomic mass is 79.9. The van der Waals surface area contributed by atoms with Crippen LogP contribution in [0.2, 0.25) is 0 Å². The lowest BCUT2D eigenvalue weighted by Crippen LogP contribution is -2.09. The first-order valence-electron chi connectivity index (χ1n) is 6.01. The van der Waals surface area contributed by atoms with Crippen molar-refractivity contribution >= 4 is 15.9 Å². The number of hydrogen-bond donors (Lipinski definition) is 0. The molecule has 2 heterocycles. The van der Waals surface area contributed by atoms with Gasteiger partial charge in [-0.05, 0) is 18.1 Å². The van der Waals surface area contributed by atoms with Gasteiger partial charge in [0, 0.05) is 17.1 Å². The lowest BCUT2D eigenvalue weighted by Gasteiger charge is -2.12. The monoisotopic (exact) mass is 347 g/mol. The van der Waals surface area contributed by atoms with Gasteiger partial charge in [-0.25, -0.2) is 9.67 Å². The standard InChI is InChI=1S/C13H13BrF3N3/c1-8(2)12-9(5-14)6-19-20(12)11-4-3-10(7-18-11)13(15,16)17/h3-4,6-8H,5H2,1-2H3. The van der Waals surface area contributed by atoms with Gasteiger partial charge in [0.15, 0.2) is 5.82 Å². The maximum absolute atomic E-state index is 12.5. The van der Waals surface area contributed by atoms with Crippen molar-refractivity contribution in [2.75, 3.05) is 0 Å². The van der Waals surface area contributed by atoms with Crippen molar-refractivity contribution in [2.45, 2.75) is 31.3 Å². The summed E-state index contributed by atoms with van der Waals surface area (Å²) in [5.41, 5.74) is 1.18. The van der Waals surface area contributed by atoms with Crippen molar-refractivity contribution in [2.24, 2.45) is 0 Å². The average molecular weight is 348 g/mol. The van der Waals surface area contributed by atoms with Crippen LogP contribution in [0.5, 0.6) is 0 Å². The van der Waals surface area contributed by atoms with Gasteiger partial charge in [0.2, 0.25) is 0 Å². The minimum Gasteiger partial charge on any atom is -0.236 e. The lowest BCUT2D eigenvalue weighted by atomic mass is 10.1. The SMILES string of the molecule is CC(C)c1c(CBr)cnn1-c1ccc(C(F)(F)F)cn1. The van der Waals surface area contributed by atoms with Gasteiger partial charge in [0.25, 0.3) is 0 Å². The topological polar surface area (TPSA) is 30.7 Å². The van der Waals surface area contributed by atoms with E-state index in [4.69, 9.17) is 0 Å². The fraction of sp³-hybridized carbons (Fsp3) is 0.385. The average Bonchev–Trinajstić information content (AvgIpc) is 2.81. The van der Waals surface area contributed by atoms with Crippen LogP contribution in [-0.2, 0) is 11.5 Å². The van der Waals surface area contributed by atoms with Crippen LogP contribution in [0.1, 0.15) is 36.6 Å². The van der Waals surface area contributed by atoms with Crippen LogP contribution in [0.4, 0.5) is 13.2 Å². The highest BCUT2D eigenvalue weighted by Crippen LogP contribution is 2.29. The van der Waals surface area contributed by atoms with Gasteiger partial charge in [-0.1, -0.05) is 29.8 Å². The van der Waals surface area contributed by atoms with Gasteiger partial charge in [0.1, 0.15) is 0 Å². The third-order valence-corrected chi connectivity index (χ3v) is 3.47. The summed E-state index contributed by atoms with van der Waals surface area (Å²) in [6.45, 7) is 4.01. The zero-order valence-electron chi connectivity index (χ0n) is 10.9. The molecule has 0 saturated heterocycles. The summed E-state index contributed by atoms with van der Waals surface area (Å²) < 4.78 is 39.1. The molecule has 7 heteroatoms. The summed E-state index contributed by atoms with van der Waals surface area (Å²) in [4.78, 5) is 3.87. The van der Waals surface area contributed by atoms with E-state index in [1.165, 1.54) is 6.07 Å². The largest absolute Gasteiger partial charge is 0.417 e. The first-order chi connectivity index (χ1) is 9.34. The van der Waals surface area contributed by atoms with Crippen molar-refractivity contribution in [1.82, 2.24) is 14.8 Å². The molecule has 0 bridgehead atoms. The summed E-state index contributed by atoms with van der Waals surface area (Å²) in [6, 6.07) is 2.35. The van der Waals surface area contributed by atoms with E-state index >= 15 is 0 Å².